The number of halogens is 1. The summed E-state index contributed by atoms with van der Waals surface area (Å²) in [4.78, 5) is 0. The highest BCUT2D eigenvalue weighted by molar-refractivity contribution is 6.21. The number of hydrogen-bond acceptors (Lipinski definition) is 2. The van der Waals surface area contributed by atoms with Gasteiger partial charge < -0.3 is 9.47 Å². The second kappa shape index (κ2) is 6.26. The Balaban J connectivity index is 2.41. The molecule has 3 heteroatoms. The van der Waals surface area contributed by atoms with Crippen LogP contribution in [0.2, 0.25) is 0 Å². The van der Waals surface area contributed by atoms with Gasteiger partial charge in [0.25, 0.3) is 0 Å². The number of alkyl halides is 1. The molecule has 2 nitrogen and oxygen atoms in total. The number of fused-ring (bicyclic) bond motifs is 1. The summed E-state index contributed by atoms with van der Waals surface area (Å²) in [6.07, 6.45) is 3.21. The molecule has 1 aromatic rings. The number of rotatable bonds is 4. The van der Waals surface area contributed by atoms with E-state index in [0.29, 0.717) is 13.2 Å². The molecule has 1 unspecified atom stereocenters. The molecule has 0 heterocycles. The molecule has 2 rings (SSSR count). The Morgan fingerprint density at radius 2 is 1.75 bits per heavy atom. The minimum absolute atomic E-state index is 0.0531. The third-order valence-electron chi connectivity index (χ3n) is 3.95. The van der Waals surface area contributed by atoms with Gasteiger partial charge in [-0.3, -0.25) is 0 Å². The van der Waals surface area contributed by atoms with Gasteiger partial charge >= 0.3 is 0 Å². The summed E-state index contributed by atoms with van der Waals surface area (Å²) in [6.45, 7) is 9.85. The normalized spacial score (nSPS) is 20.9. The zero-order valence-corrected chi connectivity index (χ0v) is 13.7. The fourth-order valence-corrected chi connectivity index (χ4v) is 3.45. The highest BCUT2D eigenvalue weighted by atomic mass is 35.5. The summed E-state index contributed by atoms with van der Waals surface area (Å²) in [7, 11) is 0. The maximum atomic E-state index is 6.64. The van der Waals surface area contributed by atoms with Crippen molar-refractivity contribution in [2.24, 2.45) is 5.41 Å². The number of ether oxygens (including phenoxy) is 2. The van der Waals surface area contributed by atoms with Crippen molar-refractivity contribution in [3.63, 3.8) is 0 Å². The largest absolute Gasteiger partial charge is 0.490 e. The van der Waals surface area contributed by atoms with Crippen molar-refractivity contribution in [3.05, 3.63) is 23.3 Å². The fraction of sp³-hybridized carbons (Fsp3) is 0.647. The van der Waals surface area contributed by atoms with E-state index in [-0.39, 0.29) is 10.8 Å². The van der Waals surface area contributed by atoms with Gasteiger partial charge in [0, 0.05) is 0 Å². The Labute approximate surface area is 127 Å². The number of benzene rings is 1. The molecule has 0 amide bonds. The van der Waals surface area contributed by atoms with Crippen LogP contribution in [0.3, 0.4) is 0 Å². The molecule has 1 atom stereocenters. The predicted octanol–water partition coefficient (Wildman–Crippen LogP) is 5.13. The van der Waals surface area contributed by atoms with Crippen molar-refractivity contribution in [1.82, 2.24) is 0 Å². The third-order valence-corrected chi connectivity index (χ3v) is 4.34. The van der Waals surface area contributed by atoms with Crippen LogP contribution in [0.25, 0.3) is 0 Å². The number of aryl methyl sites for hydroxylation is 1. The quantitative estimate of drug-likeness (QED) is 0.567. The van der Waals surface area contributed by atoms with E-state index in [1.165, 1.54) is 11.1 Å². The van der Waals surface area contributed by atoms with Crippen molar-refractivity contribution in [3.8, 4) is 11.5 Å². The SMILES string of the molecule is CCOc1cc2c(cc1OCC)C(Cl)CC(C)(C)CC2. The lowest BCUT2D eigenvalue weighted by Crippen LogP contribution is -2.11. The Morgan fingerprint density at radius 3 is 2.35 bits per heavy atom. The van der Waals surface area contributed by atoms with Crippen LogP contribution >= 0.6 is 11.6 Å². The zero-order valence-electron chi connectivity index (χ0n) is 13.0. The lowest BCUT2D eigenvalue weighted by atomic mass is 9.84. The van der Waals surface area contributed by atoms with Crippen molar-refractivity contribution in [2.45, 2.75) is 52.3 Å². The molecule has 0 fully saturated rings. The first-order valence-electron chi connectivity index (χ1n) is 7.53. The lowest BCUT2D eigenvalue weighted by molar-refractivity contribution is 0.287. The first-order chi connectivity index (χ1) is 9.46. The Bertz CT molecular complexity index is 468. The van der Waals surface area contributed by atoms with Gasteiger partial charge in [-0.05, 0) is 61.8 Å². The van der Waals surface area contributed by atoms with Gasteiger partial charge in [-0.1, -0.05) is 13.8 Å². The molecule has 0 radical (unpaired) electrons. The molecule has 20 heavy (non-hydrogen) atoms. The first-order valence-corrected chi connectivity index (χ1v) is 7.97. The minimum atomic E-state index is 0.0531. The molecule has 0 saturated carbocycles. The summed E-state index contributed by atoms with van der Waals surface area (Å²) >= 11 is 6.64. The zero-order chi connectivity index (χ0) is 14.8. The molecule has 1 aliphatic carbocycles. The van der Waals surface area contributed by atoms with Gasteiger partial charge in [-0.2, -0.15) is 0 Å². The molecule has 0 N–H and O–H groups in total. The van der Waals surface area contributed by atoms with E-state index in [0.717, 1.165) is 30.8 Å². The monoisotopic (exact) mass is 296 g/mol. The van der Waals surface area contributed by atoms with Crippen LogP contribution in [0.15, 0.2) is 12.1 Å². The highest BCUT2D eigenvalue weighted by Crippen LogP contribution is 2.45. The standard InChI is InChI=1S/C17H25ClO2/c1-5-19-15-9-12-7-8-17(3,4)11-14(18)13(12)10-16(15)20-6-2/h9-10,14H,5-8,11H2,1-4H3. The Morgan fingerprint density at radius 1 is 1.15 bits per heavy atom. The van der Waals surface area contributed by atoms with Gasteiger partial charge in [0.2, 0.25) is 0 Å². The van der Waals surface area contributed by atoms with E-state index in [9.17, 15) is 0 Å². The van der Waals surface area contributed by atoms with Crippen molar-refractivity contribution in [2.75, 3.05) is 13.2 Å². The molecule has 0 saturated heterocycles. The second-order valence-corrected chi connectivity index (χ2v) is 6.73. The van der Waals surface area contributed by atoms with Gasteiger partial charge in [0.1, 0.15) is 0 Å². The lowest BCUT2D eigenvalue weighted by Gasteiger charge is -2.23. The highest BCUT2D eigenvalue weighted by Gasteiger charge is 2.29. The Kier molecular flexibility index (Phi) is 4.85. The molecule has 0 aromatic heterocycles. The summed E-state index contributed by atoms with van der Waals surface area (Å²) in [5.74, 6) is 1.66. The molecular weight excluding hydrogens is 272 g/mol. The van der Waals surface area contributed by atoms with Crippen LogP contribution in [0.1, 0.15) is 57.0 Å². The third kappa shape index (κ3) is 3.41. The van der Waals surface area contributed by atoms with E-state index in [1.807, 2.05) is 13.8 Å². The van der Waals surface area contributed by atoms with Crippen LogP contribution in [0.5, 0.6) is 11.5 Å². The summed E-state index contributed by atoms with van der Waals surface area (Å²) in [5.41, 5.74) is 2.80. The van der Waals surface area contributed by atoms with E-state index in [4.69, 9.17) is 21.1 Å². The van der Waals surface area contributed by atoms with Gasteiger partial charge in [-0.15, -0.1) is 11.6 Å². The maximum absolute atomic E-state index is 6.64. The fourth-order valence-electron chi connectivity index (χ4n) is 2.83. The average Bonchev–Trinajstić information content (AvgIpc) is 2.48. The molecule has 0 bridgehead atoms. The van der Waals surface area contributed by atoms with E-state index >= 15 is 0 Å². The number of hydrogen-bond donors (Lipinski definition) is 0. The van der Waals surface area contributed by atoms with Crippen molar-refractivity contribution >= 4 is 11.6 Å². The predicted molar refractivity (Wildman–Crippen MR) is 84.1 cm³/mol. The van der Waals surface area contributed by atoms with E-state index in [2.05, 4.69) is 26.0 Å². The molecule has 0 aliphatic heterocycles. The molecule has 0 spiro atoms. The van der Waals surface area contributed by atoms with Gasteiger partial charge in [-0.25, -0.2) is 0 Å². The molecule has 1 aliphatic rings. The van der Waals surface area contributed by atoms with Crippen LogP contribution in [0, 0.1) is 5.41 Å². The van der Waals surface area contributed by atoms with E-state index < -0.39 is 0 Å². The smallest absolute Gasteiger partial charge is 0.161 e. The van der Waals surface area contributed by atoms with Crippen LogP contribution in [-0.2, 0) is 6.42 Å². The molecular formula is C17H25ClO2. The van der Waals surface area contributed by atoms with Crippen LogP contribution in [0.4, 0.5) is 0 Å². The summed E-state index contributed by atoms with van der Waals surface area (Å²) in [6, 6.07) is 4.21. The molecule has 112 valence electrons. The first kappa shape index (κ1) is 15.5. The summed E-state index contributed by atoms with van der Waals surface area (Å²) in [5, 5.41) is 0.0531. The topological polar surface area (TPSA) is 18.5 Å². The average molecular weight is 297 g/mol. The summed E-state index contributed by atoms with van der Waals surface area (Å²) < 4.78 is 11.4. The van der Waals surface area contributed by atoms with Crippen LogP contribution < -0.4 is 9.47 Å². The Hall–Kier alpha value is -0.890. The molecule has 1 aromatic carbocycles. The van der Waals surface area contributed by atoms with Crippen LogP contribution in [-0.4, -0.2) is 13.2 Å². The second-order valence-electron chi connectivity index (χ2n) is 6.20. The van der Waals surface area contributed by atoms with Crippen molar-refractivity contribution in [1.29, 1.82) is 0 Å². The van der Waals surface area contributed by atoms with Gasteiger partial charge in [0.05, 0.1) is 18.6 Å². The minimum Gasteiger partial charge on any atom is -0.490 e. The van der Waals surface area contributed by atoms with Gasteiger partial charge in [0.15, 0.2) is 11.5 Å². The van der Waals surface area contributed by atoms with Crippen molar-refractivity contribution < 1.29 is 9.47 Å². The van der Waals surface area contributed by atoms with E-state index in [1.54, 1.807) is 0 Å². The maximum Gasteiger partial charge on any atom is 0.161 e.